The minimum Gasteiger partial charge on any atom is -0.469 e. The number of esters is 2. The summed E-state index contributed by atoms with van der Waals surface area (Å²) in [4.78, 5) is 22.9. The van der Waals surface area contributed by atoms with Crippen LogP contribution in [0.4, 0.5) is 0 Å². The van der Waals surface area contributed by atoms with Crippen LogP contribution in [-0.4, -0.2) is 31.7 Å². The molecule has 0 radical (unpaired) electrons. The van der Waals surface area contributed by atoms with E-state index in [-0.39, 0.29) is 18.0 Å². The smallest absolute Gasteiger partial charge is 0.327 e. The van der Waals surface area contributed by atoms with Crippen molar-refractivity contribution in [2.45, 2.75) is 24.9 Å². The number of carbonyl (C=O) groups is 2. The third-order valence-corrected chi connectivity index (χ3v) is 3.12. The molecule has 0 unspecified atom stereocenters. The van der Waals surface area contributed by atoms with Gasteiger partial charge in [0.15, 0.2) is 0 Å². The van der Waals surface area contributed by atoms with E-state index in [9.17, 15) is 9.59 Å². The molecule has 0 spiro atoms. The van der Waals surface area contributed by atoms with Crippen LogP contribution in [0.25, 0.3) is 0 Å². The topological polar surface area (TPSA) is 64.6 Å². The van der Waals surface area contributed by atoms with Crippen molar-refractivity contribution in [3.63, 3.8) is 0 Å². The van der Waals surface area contributed by atoms with E-state index < -0.39 is 6.04 Å². The largest absolute Gasteiger partial charge is 0.469 e. The van der Waals surface area contributed by atoms with E-state index in [1.807, 2.05) is 30.3 Å². The summed E-state index contributed by atoms with van der Waals surface area (Å²) in [6.07, 6.45) is 0.899. The molecule has 1 aliphatic heterocycles. The number of carbonyl (C=O) groups excluding carboxylic acids is 2. The fourth-order valence-corrected chi connectivity index (χ4v) is 2.06. The van der Waals surface area contributed by atoms with Crippen LogP contribution >= 0.6 is 0 Å². The van der Waals surface area contributed by atoms with Gasteiger partial charge in [-0.25, -0.2) is 4.79 Å². The monoisotopic (exact) mass is 263 g/mol. The highest BCUT2D eigenvalue weighted by Gasteiger charge is 2.30. The Bertz CT molecular complexity index is 446. The molecule has 1 aliphatic rings. The van der Waals surface area contributed by atoms with Crippen LogP contribution < -0.4 is 5.32 Å². The van der Waals surface area contributed by atoms with Gasteiger partial charge in [-0.1, -0.05) is 30.3 Å². The molecule has 19 heavy (non-hydrogen) atoms. The summed E-state index contributed by atoms with van der Waals surface area (Å²) in [7, 11) is 1.36. The molecule has 102 valence electrons. The lowest BCUT2D eigenvalue weighted by Gasteiger charge is -2.30. The summed E-state index contributed by atoms with van der Waals surface area (Å²) >= 11 is 0. The molecule has 5 nitrogen and oxygen atoms in total. The molecule has 1 heterocycles. The first-order valence-corrected chi connectivity index (χ1v) is 6.25. The average molecular weight is 263 g/mol. The predicted octanol–water partition coefficient (Wildman–Crippen LogP) is 1.20. The molecule has 5 heteroatoms. The molecule has 1 aromatic carbocycles. The highest BCUT2D eigenvalue weighted by Crippen LogP contribution is 2.20. The zero-order chi connectivity index (χ0) is 13.7. The lowest BCUT2D eigenvalue weighted by atomic mass is 10.0. The van der Waals surface area contributed by atoms with E-state index in [4.69, 9.17) is 4.74 Å². The SMILES string of the molecule is COC(=O)CC[C@@H]1COC(=O)[C@@H](c2ccccc2)N1. The van der Waals surface area contributed by atoms with Crippen molar-refractivity contribution < 1.29 is 19.1 Å². The zero-order valence-electron chi connectivity index (χ0n) is 10.8. The summed E-state index contributed by atoms with van der Waals surface area (Å²) in [5, 5.41) is 3.22. The first-order valence-electron chi connectivity index (χ1n) is 6.25. The molecule has 0 saturated carbocycles. The van der Waals surface area contributed by atoms with Gasteiger partial charge in [-0.15, -0.1) is 0 Å². The molecule has 2 rings (SSSR count). The van der Waals surface area contributed by atoms with Gasteiger partial charge in [0.2, 0.25) is 0 Å². The molecule has 1 fully saturated rings. The predicted molar refractivity (Wildman–Crippen MR) is 68.3 cm³/mol. The zero-order valence-corrected chi connectivity index (χ0v) is 10.8. The Labute approximate surface area is 111 Å². The van der Waals surface area contributed by atoms with Crippen LogP contribution in [-0.2, 0) is 19.1 Å². The Morgan fingerprint density at radius 2 is 2.16 bits per heavy atom. The van der Waals surface area contributed by atoms with E-state index in [2.05, 4.69) is 10.1 Å². The lowest BCUT2D eigenvalue weighted by Crippen LogP contribution is -2.46. The fraction of sp³-hybridized carbons (Fsp3) is 0.429. The Hall–Kier alpha value is -1.88. The number of rotatable bonds is 4. The van der Waals surface area contributed by atoms with Gasteiger partial charge in [-0.05, 0) is 12.0 Å². The standard InChI is InChI=1S/C14H17NO4/c1-18-12(16)8-7-11-9-19-14(17)13(15-11)10-5-3-2-4-6-10/h2-6,11,13,15H,7-9H2,1H3/t11-,13-/m1/s1. The van der Waals surface area contributed by atoms with E-state index in [1.54, 1.807) is 0 Å². The van der Waals surface area contributed by atoms with Crippen LogP contribution in [0, 0.1) is 0 Å². The molecule has 0 aromatic heterocycles. The van der Waals surface area contributed by atoms with Crippen molar-refractivity contribution in [3.05, 3.63) is 35.9 Å². The number of cyclic esters (lactones) is 1. The summed E-state index contributed by atoms with van der Waals surface area (Å²) in [6.45, 7) is 0.291. The third-order valence-electron chi connectivity index (χ3n) is 3.12. The van der Waals surface area contributed by atoms with Gasteiger partial charge in [0.25, 0.3) is 0 Å². The molecule has 1 saturated heterocycles. The summed E-state index contributed by atoms with van der Waals surface area (Å²) in [5.41, 5.74) is 0.871. The van der Waals surface area contributed by atoms with Gasteiger partial charge in [0.05, 0.1) is 7.11 Å². The van der Waals surface area contributed by atoms with E-state index in [1.165, 1.54) is 7.11 Å². The van der Waals surface area contributed by atoms with E-state index in [0.29, 0.717) is 19.4 Å². The summed E-state index contributed by atoms with van der Waals surface area (Å²) in [5.74, 6) is -0.532. The number of hydrogen-bond acceptors (Lipinski definition) is 5. The van der Waals surface area contributed by atoms with Crippen molar-refractivity contribution in [2.24, 2.45) is 0 Å². The van der Waals surface area contributed by atoms with Gasteiger partial charge < -0.3 is 9.47 Å². The van der Waals surface area contributed by atoms with Crippen LogP contribution in [0.15, 0.2) is 30.3 Å². The molecule has 0 bridgehead atoms. The number of ether oxygens (including phenoxy) is 2. The van der Waals surface area contributed by atoms with Crippen molar-refractivity contribution >= 4 is 11.9 Å². The van der Waals surface area contributed by atoms with Crippen molar-refractivity contribution in [2.75, 3.05) is 13.7 Å². The highest BCUT2D eigenvalue weighted by molar-refractivity contribution is 5.78. The first kappa shape index (κ1) is 13.5. The van der Waals surface area contributed by atoms with Crippen LogP contribution in [0.3, 0.4) is 0 Å². The molecular formula is C14H17NO4. The molecule has 0 amide bonds. The Morgan fingerprint density at radius 1 is 1.42 bits per heavy atom. The van der Waals surface area contributed by atoms with Crippen LogP contribution in [0.5, 0.6) is 0 Å². The number of benzene rings is 1. The maximum atomic E-state index is 11.8. The fourth-order valence-electron chi connectivity index (χ4n) is 2.06. The number of nitrogens with one attached hydrogen (secondary N) is 1. The minimum absolute atomic E-state index is 0.0259. The number of hydrogen-bond donors (Lipinski definition) is 1. The second kappa shape index (κ2) is 6.33. The van der Waals surface area contributed by atoms with E-state index >= 15 is 0 Å². The first-order chi connectivity index (χ1) is 9.20. The Kier molecular flexibility index (Phi) is 4.52. The molecule has 0 aliphatic carbocycles. The minimum atomic E-state index is -0.461. The van der Waals surface area contributed by atoms with Crippen molar-refractivity contribution in [1.82, 2.24) is 5.32 Å². The molecule has 2 atom stereocenters. The van der Waals surface area contributed by atoms with Gasteiger partial charge in [0, 0.05) is 12.5 Å². The second-order valence-electron chi connectivity index (χ2n) is 4.45. The van der Waals surface area contributed by atoms with Crippen LogP contribution in [0.2, 0.25) is 0 Å². The summed E-state index contributed by atoms with van der Waals surface area (Å²) < 4.78 is 9.77. The van der Waals surface area contributed by atoms with Gasteiger partial charge in [-0.2, -0.15) is 0 Å². The van der Waals surface area contributed by atoms with Gasteiger partial charge in [0.1, 0.15) is 12.6 Å². The number of methoxy groups -OCH3 is 1. The van der Waals surface area contributed by atoms with E-state index in [0.717, 1.165) is 5.56 Å². The maximum absolute atomic E-state index is 11.8. The molecule has 1 aromatic rings. The van der Waals surface area contributed by atoms with Crippen molar-refractivity contribution in [1.29, 1.82) is 0 Å². The van der Waals surface area contributed by atoms with Crippen molar-refractivity contribution in [3.8, 4) is 0 Å². The maximum Gasteiger partial charge on any atom is 0.327 e. The number of morpholine rings is 1. The second-order valence-corrected chi connectivity index (χ2v) is 4.45. The Balaban J connectivity index is 1.97. The van der Waals surface area contributed by atoms with Gasteiger partial charge in [-0.3, -0.25) is 10.1 Å². The van der Waals surface area contributed by atoms with Crippen LogP contribution in [0.1, 0.15) is 24.4 Å². The third kappa shape index (κ3) is 3.54. The Morgan fingerprint density at radius 3 is 2.84 bits per heavy atom. The summed E-state index contributed by atoms with van der Waals surface area (Å²) in [6, 6.07) is 8.92. The van der Waals surface area contributed by atoms with Gasteiger partial charge >= 0.3 is 11.9 Å². The molecule has 1 N–H and O–H groups in total. The lowest BCUT2D eigenvalue weighted by molar-refractivity contribution is -0.152. The molecular weight excluding hydrogens is 246 g/mol. The quantitative estimate of drug-likeness (QED) is 0.827. The highest BCUT2D eigenvalue weighted by atomic mass is 16.5. The average Bonchev–Trinajstić information content (AvgIpc) is 2.47. The normalized spacial score (nSPS) is 22.7.